The predicted molar refractivity (Wildman–Crippen MR) is 67.5 cm³/mol. The second-order valence-corrected chi connectivity index (χ2v) is 5.06. The summed E-state index contributed by atoms with van der Waals surface area (Å²) in [5.74, 6) is -1.15. The smallest absolute Gasteiger partial charge is 0.162 e. The number of hydrogen-bond donors (Lipinski definition) is 0. The van der Waals surface area contributed by atoms with Crippen molar-refractivity contribution in [3.05, 3.63) is 29.8 Å². The molecule has 0 bridgehead atoms. The molecular formula is C15H17F2NO. The number of ether oxygens (including phenoxy) is 1. The minimum atomic E-state index is -0.922. The molecule has 19 heavy (non-hydrogen) atoms. The highest BCUT2D eigenvalue weighted by Gasteiger charge is 2.31. The van der Waals surface area contributed by atoms with Crippen LogP contribution in [0.15, 0.2) is 18.2 Å². The van der Waals surface area contributed by atoms with Crippen molar-refractivity contribution >= 4 is 0 Å². The van der Waals surface area contributed by atoms with Gasteiger partial charge in [-0.3, -0.25) is 0 Å². The molecule has 0 N–H and O–H groups in total. The number of rotatable bonds is 3. The van der Waals surface area contributed by atoms with Crippen molar-refractivity contribution in [3.8, 4) is 11.8 Å². The normalized spacial score (nSPS) is 26.7. The lowest BCUT2D eigenvalue weighted by atomic mass is 9.79. The van der Waals surface area contributed by atoms with Gasteiger partial charge in [0.25, 0.3) is 0 Å². The summed E-state index contributed by atoms with van der Waals surface area (Å²) in [6.45, 7) is 2.12. The van der Waals surface area contributed by atoms with Crippen LogP contribution in [0, 0.1) is 34.8 Å². The van der Waals surface area contributed by atoms with E-state index in [2.05, 4.69) is 13.0 Å². The first kappa shape index (κ1) is 13.8. The molecule has 4 heteroatoms. The van der Waals surface area contributed by atoms with Crippen LogP contribution in [0.4, 0.5) is 8.78 Å². The van der Waals surface area contributed by atoms with Crippen molar-refractivity contribution in [2.75, 3.05) is 0 Å². The molecule has 0 aliphatic heterocycles. The first-order valence-corrected chi connectivity index (χ1v) is 6.65. The van der Waals surface area contributed by atoms with Gasteiger partial charge in [-0.1, -0.05) is 13.3 Å². The maximum Gasteiger partial charge on any atom is 0.162 e. The Bertz CT molecular complexity index is 484. The van der Waals surface area contributed by atoms with E-state index in [0.29, 0.717) is 11.7 Å². The van der Waals surface area contributed by atoms with E-state index < -0.39 is 11.6 Å². The number of halogens is 2. The molecule has 0 amide bonds. The minimum Gasteiger partial charge on any atom is -0.489 e. The summed E-state index contributed by atoms with van der Waals surface area (Å²) < 4.78 is 31.7. The van der Waals surface area contributed by atoms with Crippen molar-refractivity contribution < 1.29 is 13.5 Å². The second kappa shape index (κ2) is 6.01. The third-order valence-electron chi connectivity index (χ3n) is 3.82. The maximum atomic E-state index is 13.1. The Morgan fingerprint density at radius 2 is 2.11 bits per heavy atom. The lowest BCUT2D eigenvalue weighted by molar-refractivity contribution is 0.0888. The molecule has 0 radical (unpaired) electrons. The molecule has 1 saturated carbocycles. The van der Waals surface area contributed by atoms with Crippen LogP contribution in [0.25, 0.3) is 0 Å². The molecule has 0 saturated heterocycles. The summed E-state index contributed by atoms with van der Waals surface area (Å²) >= 11 is 0. The Labute approximate surface area is 112 Å². The fraction of sp³-hybridized carbons (Fsp3) is 0.533. The van der Waals surface area contributed by atoms with Crippen LogP contribution >= 0.6 is 0 Å². The molecule has 0 spiro atoms. The van der Waals surface area contributed by atoms with Crippen molar-refractivity contribution in [3.63, 3.8) is 0 Å². The zero-order chi connectivity index (χ0) is 13.8. The molecule has 3 atom stereocenters. The SMILES string of the molecule is CCC1CCC(C#N)C(Oc2ccc(F)c(F)c2)C1. The molecule has 2 nitrogen and oxygen atoms in total. The molecule has 1 aliphatic rings. The quantitative estimate of drug-likeness (QED) is 0.825. The average molecular weight is 265 g/mol. The molecule has 102 valence electrons. The van der Waals surface area contributed by atoms with Gasteiger partial charge in [0.1, 0.15) is 11.9 Å². The fourth-order valence-corrected chi connectivity index (χ4v) is 2.59. The van der Waals surface area contributed by atoms with E-state index in [-0.39, 0.29) is 12.0 Å². The summed E-state index contributed by atoms with van der Waals surface area (Å²) in [5.41, 5.74) is 0. The summed E-state index contributed by atoms with van der Waals surface area (Å²) in [4.78, 5) is 0. The third kappa shape index (κ3) is 3.23. The Kier molecular flexibility index (Phi) is 4.36. The predicted octanol–water partition coefficient (Wildman–Crippen LogP) is 4.06. The highest BCUT2D eigenvalue weighted by atomic mass is 19.2. The molecule has 1 fully saturated rings. The minimum absolute atomic E-state index is 0.170. The number of nitrogens with zero attached hydrogens (tertiary/aromatic N) is 1. The summed E-state index contributed by atoms with van der Waals surface area (Å²) in [6, 6.07) is 5.75. The van der Waals surface area contributed by atoms with Gasteiger partial charge in [-0.05, 0) is 37.3 Å². The van der Waals surface area contributed by atoms with Crippen LogP contribution in [-0.4, -0.2) is 6.10 Å². The highest BCUT2D eigenvalue weighted by molar-refractivity contribution is 5.24. The molecule has 3 unspecified atom stereocenters. The molecule has 1 aliphatic carbocycles. The molecule has 0 aromatic heterocycles. The van der Waals surface area contributed by atoms with Crippen molar-refractivity contribution in [1.82, 2.24) is 0 Å². The van der Waals surface area contributed by atoms with Crippen molar-refractivity contribution in [2.24, 2.45) is 11.8 Å². The Morgan fingerprint density at radius 1 is 1.32 bits per heavy atom. The van der Waals surface area contributed by atoms with Crippen LogP contribution in [0.2, 0.25) is 0 Å². The van der Waals surface area contributed by atoms with Gasteiger partial charge in [-0.15, -0.1) is 0 Å². The van der Waals surface area contributed by atoms with E-state index in [1.54, 1.807) is 0 Å². The van der Waals surface area contributed by atoms with Gasteiger partial charge in [0.2, 0.25) is 0 Å². The lowest BCUT2D eigenvalue weighted by Gasteiger charge is -2.32. The lowest BCUT2D eigenvalue weighted by Crippen LogP contribution is -2.33. The molecule has 2 rings (SSSR count). The van der Waals surface area contributed by atoms with E-state index in [0.717, 1.165) is 37.8 Å². The molecular weight excluding hydrogens is 248 g/mol. The van der Waals surface area contributed by atoms with Gasteiger partial charge in [-0.2, -0.15) is 5.26 Å². The van der Waals surface area contributed by atoms with E-state index in [1.807, 2.05) is 0 Å². The highest BCUT2D eigenvalue weighted by Crippen LogP contribution is 2.33. The summed E-state index contributed by atoms with van der Waals surface area (Å²) in [7, 11) is 0. The summed E-state index contributed by atoms with van der Waals surface area (Å²) in [6.07, 6.45) is 3.47. The van der Waals surface area contributed by atoms with Gasteiger partial charge in [0, 0.05) is 6.07 Å². The van der Waals surface area contributed by atoms with Crippen LogP contribution < -0.4 is 4.74 Å². The zero-order valence-corrected chi connectivity index (χ0v) is 10.9. The standard InChI is InChI=1S/C15H17F2NO/c1-2-10-3-4-11(9-18)15(7-10)19-12-5-6-13(16)14(17)8-12/h5-6,8,10-11,15H,2-4,7H2,1H3. The van der Waals surface area contributed by atoms with Crippen molar-refractivity contribution in [2.45, 2.75) is 38.7 Å². The third-order valence-corrected chi connectivity index (χ3v) is 3.82. The maximum absolute atomic E-state index is 13.1. The van der Waals surface area contributed by atoms with Crippen LogP contribution in [-0.2, 0) is 0 Å². The Balaban J connectivity index is 2.10. The molecule has 0 heterocycles. The van der Waals surface area contributed by atoms with Gasteiger partial charge in [-0.25, -0.2) is 8.78 Å². The zero-order valence-electron chi connectivity index (χ0n) is 10.9. The number of hydrogen-bond acceptors (Lipinski definition) is 2. The van der Waals surface area contributed by atoms with Gasteiger partial charge in [0.15, 0.2) is 11.6 Å². The number of nitriles is 1. The summed E-state index contributed by atoms with van der Waals surface area (Å²) in [5, 5.41) is 9.13. The van der Waals surface area contributed by atoms with Crippen LogP contribution in [0.3, 0.4) is 0 Å². The van der Waals surface area contributed by atoms with Crippen molar-refractivity contribution in [1.29, 1.82) is 5.26 Å². The van der Waals surface area contributed by atoms with E-state index in [9.17, 15) is 8.78 Å². The van der Waals surface area contributed by atoms with Gasteiger partial charge >= 0.3 is 0 Å². The molecule has 1 aromatic rings. The van der Waals surface area contributed by atoms with Crippen LogP contribution in [0.5, 0.6) is 5.75 Å². The largest absolute Gasteiger partial charge is 0.489 e. The fourth-order valence-electron chi connectivity index (χ4n) is 2.59. The topological polar surface area (TPSA) is 33.0 Å². The van der Waals surface area contributed by atoms with E-state index in [1.165, 1.54) is 6.07 Å². The monoisotopic (exact) mass is 265 g/mol. The Morgan fingerprint density at radius 3 is 2.74 bits per heavy atom. The van der Waals surface area contributed by atoms with E-state index in [4.69, 9.17) is 10.00 Å². The van der Waals surface area contributed by atoms with Gasteiger partial charge in [0.05, 0.1) is 12.0 Å². The van der Waals surface area contributed by atoms with Crippen LogP contribution in [0.1, 0.15) is 32.6 Å². The first-order chi connectivity index (χ1) is 9.13. The van der Waals surface area contributed by atoms with E-state index >= 15 is 0 Å². The second-order valence-electron chi connectivity index (χ2n) is 5.06. The van der Waals surface area contributed by atoms with Gasteiger partial charge < -0.3 is 4.74 Å². The average Bonchev–Trinajstić information content (AvgIpc) is 2.43. The number of benzene rings is 1. The molecule has 1 aromatic carbocycles. The first-order valence-electron chi connectivity index (χ1n) is 6.65. The Hall–Kier alpha value is -1.63.